The van der Waals surface area contributed by atoms with Crippen molar-refractivity contribution in [3.8, 4) is 17.1 Å². The molecule has 0 fully saturated rings. The summed E-state index contributed by atoms with van der Waals surface area (Å²) in [7, 11) is 0. The first-order chi connectivity index (χ1) is 9.42. The van der Waals surface area contributed by atoms with Crippen LogP contribution in [-0.4, -0.2) is 20.6 Å². The third-order valence-electron chi connectivity index (χ3n) is 2.75. The number of ether oxygens (including phenoxy) is 1. The Kier molecular flexibility index (Phi) is 3.18. The van der Waals surface area contributed by atoms with E-state index in [1.807, 2.05) is 30.3 Å². The fourth-order valence-corrected chi connectivity index (χ4v) is 1.79. The molecule has 0 aliphatic heterocycles. The van der Waals surface area contributed by atoms with E-state index in [2.05, 4.69) is 44.9 Å². The van der Waals surface area contributed by atoms with Crippen LogP contribution < -0.4 is 4.74 Å². The molecule has 5 nitrogen and oxygen atoms in total. The number of nitrogens with zero attached hydrogens (tertiary/aromatic N) is 3. The number of aromatic amines is 1. The van der Waals surface area contributed by atoms with Crippen LogP contribution in [-0.2, 0) is 6.61 Å². The van der Waals surface area contributed by atoms with Crippen molar-refractivity contribution in [2.75, 3.05) is 0 Å². The smallest absolute Gasteiger partial charge is 0.356 e. The summed E-state index contributed by atoms with van der Waals surface area (Å²) in [6.07, 6.45) is 0. The summed E-state index contributed by atoms with van der Waals surface area (Å²) in [5.74, 6) is 0. The maximum Gasteiger partial charge on any atom is 0.356 e. The molecule has 1 heterocycles. The van der Waals surface area contributed by atoms with Gasteiger partial charge in [0.25, 0.3) is 0 Å². The largest absolute Gasteiger partial charge is 0.456 e. The van der Waals surface area contributed by atoms with Crippen molar-refractivity contribution in [2.24, 2.45) is 0 Å². The normalized spacial score (nSPS) is 10.3. The zero-order chi connectivity index (χ0) is 12.9. The molecule has 2 aromatic carbocycles. The van der Waals surface area contributed by atoms with Crippen molar-refractivity contribution in [2.45, 2.75) is 6.61 Å². The molecule has 1 aromatic heterocycles. The Morgan fingerprint density at radius 2 is 1.63 bits per heavy atom. The van der Waals surface area contributed by atoms with E-state index < -0.39 is 0 Å². The third-order valence-corrected chi connectivity index (χ3v) is 2.75. The number of aromatic nitrogens is 4. The molecule has 0 atom stereocenters. The van der Waals surface area contributed by atoms with Gasteiger partial charge in [0.1, 0.15) is 6.61 Å². The zero-order valence-electron chi connectivity index (χ0n) is 10.2. The molecule has 0 aliphatic carbocycles. The number of H-pyrrole nitrogens is 1. The molecule has 0 radical (unpaired) electrons. The number of nitrogens with one attached hydrogen (secondary N) is 1. The fraction of sp³-hybridized carbons (Fsp3) is 0.0714. The van der Waals surface area contributed by atoms with Crippen molar-refractivity contribution < 1.29 is 4.74 Å². The van der Waals surface area contributed by atoms with Gasteiger partial charge in [-0.05, 0) is 21.9 Å². The van der Waals surface area contributed by atoms with Gasteiger partial charge in [-0.1, -0.05) is 64.8 Å². The van der Waals surface area contributed by atoms with Gasteiger partial charge in [-0.3, -0.25) is 0 Å². The molecule has 0 aliphatic rings. The first-order valence-electron chi connectivity index (χ1n) is 5.92. The highest BCUT2D eigenvalue weighted by Crippen LogP contribution is 2.19. The summed E-state index contributed by atoms with van der Waals surface area (Å²) in [5, 5.41) is 13.2. The number of rotatable bonds is 4. The Labute approximate surface area is 110 Å². The molecular formula is C14H12N4O. The zero-order valence-corrected chi connectivity index (χ0v) is 10.2. The second kappa shape index (κ2) is 5.30. The van der Waals surface area contributed by atoms with E-state index in [9.17, 15) is 0 Å². The van der Waals surface area contributed by atoms with Crippen molar-refractivity contribution in [1.82, 2.24) is 20.6 Å². The van der Waals surface area contributed by atoms with Crippen LogP contribution in [0.25, 0.3) is 11.1 Å². The highest BCUT2D eigenvalue weighted by Gasteiger charge is 2.01. The van der Waals surface area contributed by atoms with Gasteiger partial charge in [0, 0.05) is 0 Å². The van der Waals surface area contributed by atoms with Crippen molar-refractivity contribution in [3.63, 3.8) is 0 Å². The van der Waals surface area contributed by atoms with Crippen LogP contribution in [0.3, 0.4) is 0 Å². The minimum Gasteiger partial charge on any atom is -0.456 e. The average Bonchev–Trinajstić information content (AvgIpc) is 3.00. The average molecular weight is 252 g/mol. The quantitative estimate of drug-likeness (QED) is 0.774. The van der Waals surface area contributed by atoms with Gasteiger partial charge in [0.15, 0.2) is 0 Å². The topological polar surface area (TPSA) is 63.7 Å². The summed E-state index contributed by atoms with van der Waals surface area (Å²) in [6, 6.07) is 18.7. The molecule has 0 bridgehead atoms. The predicted molar refractivity (Wildman–Crippen MR) is 70.4 cm³/mol. The highest BCUT2D eigenvalue weighted by molar-refractivity contribution is 5.63. The minimum atomic E-state index is 0.257. The molecule has 0 saturated carbocycles. The van der Waals surface area contributed by atoms with Gasteiger partial charge in [0.05, 0.1) is 0 Å². The van der Waals surface area contributed by atoms with Gasteiger partial charge < -0.3 is 4.74 Å². The Balaban J connectivity index is 1.69. The minimum absolute atomic E-state index is 0.257. The lowest BCUT2D eigenvalue weighted by atomic mass is 10.0. The lowest BCUT2D eigenvalue weighted by Crippen LogP contribution is -1.96. The SMILES string of the molecule is c1ccc(-c2ccc(COc3nn[nH]n3)cc2)cc1. The summed E-state index contributed by atoms with van der Waals surface area (Å²) in [5.41, 5.74) is 3.45. The predicted octanol–water partition coefficient (Wildman–Crippen LogP) is 2.45. The van der Waals surface area contributed by atoms with E-state index in [4.69, 9.17) is 4.74 Å². The van der Waals surface area contributed by atoms with Crippen molar-refractivity contribution in [1.29, 1.82) is 0 Å². The van der Waals surface area contributed by atoms with Crippen LogP contribution in [0, 0.1) is 0 Å². The lowest BCUT2D eigenvalue weighted by Gasteiger charge is -2.04. The van der Waals surface area contributed by atoms with Crippen LogP contribution in [0.4, 0.5) is 0 Å². The van der Waals surface area contributed by atoms with Crippen LogP contribution in [0.15, 0.2) is 54.6 Å². The molecule has 94 valence electrons. The molecule has 3 aromatic rings. The van der Waals surface area contributed by atoms with Crippen molar-refractivity contribution >= 4 is 0 Å². The first kappa shape index (κ1) is 11.4. The summed E-state index contributed by atoms with van der Waals surface area (Å²) in [4.78, 5) is 0. The van der Waals surface area contributed by atoms with Crippen LogP contribution in [0.2, 0.25) is 0 Å². The maximum atomic E-state index is 5.36. The van der Waals surface area contributed by atoms with Crippen LogP contribution in [0.1, 0.15) is 5.56 Å². The number of hydrogen-bond acceptors (Lipinski definition) is 4. The van der Waals surface area contributed by atoms with Gasteiger partial charge in [0.2, 0.25) is 0 Å². The van der Waals surface area contributed by atoms with Gasteiger partial charge in [-0.15, -0.1) is 0 Å². The van der Waals surface area contributed by atoms with Gasteiger partial charge in [-0.2, -0.15) is 5.21 Å². The molecule has 1 N–H and O–H groups in total. The second-order valence-electron chi connectivity index (χ2n) is 4.05. The van der Waals surface area contributed by atoms with E-state index in [0.717, 1.165) is 5.56 Å². The Hall–Kier alpha value is -2.69. The van der Waals surface area contributed by atoms with E-state index >= 15 is 0 Å². The molecule has 19 heavy (non-hydrogen) atoms. The number of hydrogen-bond donors (Lipinski definition) is 1. The molecule has 3 rings (SSSR count). The summed E-state index contributed by atoms with van der Waals surface area (Å²) >= 11 is 0. The van der Waals surface area contributed by atoms with E-state index in [1.165, 1.54) is 11.1 Å². The van der Waals surface area contributed by atoms with E-state index in [0.29, 0.717) is 6.61 Å². The second-order valence-corrected chi connectivity index (χ2v) is 4.05. The molecule has 0 unspecified atom stereocenters. The van der Waals surface area contributed by atoms with Gasteiger partial charge in [-0.25, -0.2) is 0 Å². The van der Waals surface area contributed by atoms with Crippen LogP contribution in [0.5, 0.6) is 6.01 Å². The fourth-order valence-electron chi connectivity index (χ4n) is 1.79. The van der Waals surface area contributed by atoms with Crippen LogP contribution >= 0.6 is 0 Å². The standard InChI is InChI=1S/C14H12N4O/c1-2-4-12(5-3-1)13-8-6-11(7-9-13)10-19-14-15-17-18-16-14/h1-9H,10H2,(H,15,16,17,18). The monoisotopic (exact) mass is 252 g/mol. The lowest BCUT2D eigenvalue weighted by molar-refractivity contribution is 0.281. The first-order valence-corrected chi connectivity index (χ1v) is 5.92. The Morgan fingerprint density at radius 3 is 2.32 bits per heavy atom. The Bertz CT molecular complexity index is 620. The molecule has 0 spiro atoms. The third kappa shape index (κ3) is 2.77. The summed E-state index contributed by atoms with van der Waals surface area (Å²) < 4.78 is 5.36. The molecule has 0 saturated heterocycles. The molecular weight excluding hydrogens is 240 g/mol. The highest BCUT2D eigenvalue weighted by atomic mass is 16.5. The Morgan fingerprint density at radius 1 is 0.895 bits per heavy atom. The molecule has 5 heteroatoms. The maximum absolute atomic E-state index is 5.36. The van der Waals surface area contributed by atoms with E-state index in [-0.39, 0.29) is 6.01 Å². The number of benzene rings is 2. The molecule has 0 amide bonds. The van der Waals surface area contributed by atoms with Crippen molar-refractivity contribution in [3.05, 3.63) is 60.2 Å². The van der Waals surface area contributed by atoms with Gasteiger partial charge >= 0.3 is 6.01 Å². The number of tetrazole rings is 1. The van der Waals surface area contributed by atoms with E-state index in [1.54, 1.807) is 0 Å². The summed E-state index contributed by atoms with van der Waals surface area (Å²) in [6.45, 7) is 0.425.